The van der Waals surface area contributed by atoms with Crippen molar-refractivity contribution >= 4 is 43.7 Å². The average Bonchev–Trinajstić information content (AvgIpc) is 3.23. The monoisotopic (exact) mass is 1120 g/mol. The molecule has 0 unspecified atom stereocenters. The number of benzene rings is 4. The van der Waals surface area contributed by atoms with Crippen molar-refractivity contribution in [2.75, 3.05) is 26.4 Å². The molecule has 0 radical (unpaired) electrons. The van der Waals surface area contributed by atoms with Crippen molar-refractivity contribution in [1.82, 2.24) is 0 Å². The molecule has 4 aromatic rings. The Morgan fingerprint density at radius 3 is 0.620 bits per heavy atom. The van der Waals surface area contributed by atoms with Crippen LogP contribution in [0.3, 0.4) is 0 Å². The normalized spacial score (nSPS) is 12.7. The van der Waals surface area contributed by atoms with Gasteiger partial charge in [0, 0.05) is 26.4 Å². The van der Waals surface area contributed by atoms with E-state index in [0.29, 0.717) is 0 Å². The first-order chi connectivity index (χ1) is 32.4. The van der Waals surface area contributed by atoms with E-state index in [0.717, 1.165) is 27.7 Å². The summed E-state index contributed by atoms with van der Waals surface area (Å²) in [6.07, 6.45) is -21.6. The molecule has 0 fully saturated rings. The van der Waals surface area contributed by atoms with Crippen LogP contribution in [0.25, 0.3) is 5.83 Å². The Kier molecular flexibility index (Phi) is 18.3. The molecule has 396 valence electrons. The minimum atomic E-state index is -6.21. The summed E-state index contributed by atoms with van der Waals surface area (Å²) in [5.41, 5.74) is -11.9. The van der Waals surface area contributed by atoms with E-state index < -0.39 is 210 Å². The maximum absolute atomic E-state index is 14.9. The van der Waals surface area contributed by atoms with Crippen LogP contribution in [-0.2, 0) is 36.2 Å². The Morgan fingerprint density at radius 1 is 0.310 bits per heavy atom. The Bertz CT molecular complexity index is 2520. The van der Waals surface area contributed by atoms with Crippen molar-refractivity contribution in [3.05, 3.63) is 121 Å². The summed E-state index contributed by atoms with van der Waals surface area (Å²) in [5, 5.41) is -9.33. The van der Waals surface area contributed by atoms with Crippen LogP contribution in [0.4, 0.5) is 123 Å². The maximum Gasteiger partial charge on any atom is 0.422 e. The van der Waals surface area contributed by atoms with E-state index in [2.05, 4.69) is 0 Å². The minimum Gasteiger partial charge on any atom is -0.388 e. The second-order valence-corrected chi connectivity index (χ2v) is 18.7. The largest absolute Gasteiger partial charge is 0.422 e. The van der Waals surface area contributed by atoms with E-state index in [1.54, 1.807) is 0 Å². The summed E-state index contributed by atoms with van der Waals surface area (Å²) >= 11 is 0. The van der Waals surface area contributed by atoms with Crippen LogP contribution < -0.4 is 20.7 Å². The summed E-state index contributed by atoms with van der Waals surface area (Å²) in [4.78, 5) is 0. The second-order valence-electron chi connectivity index (χ2n) is 13.1. The molecule has 0 aliphatic rings. The van der Waals surface area contributed by atoms with E-state index in [-0.39, 0.29) is 0 Å². The molecule has 0 bridgehead atoms. The number of halogens is 28. The standard InChI is InChI=1S/C19H10F14O2Si.C18H10F14O2Si/c1-3-34-36(35-4-2,17-14(27)10(23)6(19(31,32)33)11(24)15(17)28)16-12(25)7(20)5(8(21)13(16)26)9(22)18(29)30;1-3-33-35(34-4-2,15-11(23)7(19)5(17(27,28)29)8(20)12(15)24)16-13(25)9(21)6(18(30,31)32)10(22)14(16)26/h3-4H2,1-2H3;3-4H2,1-2H3. The average molecular weight is 1120 g/mol. The lowest BCUT2D eigenvalue weighted by Gasteiger charge is -2.32. The van der Waals surface area contributed by atoms with Gasteiger partial charge in [0.1, 0.15) is 16.7 Å². The fraction of sp³-hybridized carbons (Fsp3) is 0.297. The van der Waals surface area contributed by atoms with E-state index in [9.17, 15) is 123 Å². The molecule has 4 aromatic carbocycles. The minimum absolute atomic E-state index is 0.889. The SMILES string of the molecule is CCO[Si](OCC)(c1c(F)c(F)c(C(F)(F)F)c(F)c1F)c1c(F)c(F)c(C(F)(F)F)c(F)c1F.CCO[Si](OCC)(c1c(F)c(F)c(C(F)=C(F)F)c(F)c1F)c1c(F)c(F)c(C(F)(F)F)c(F)c1F. The van der Waals surface area contributed by atoms with Gasteiger partial charge in [-0.25, -0.2) is 74.6 Å². The van der Waals surface area contributed by atoms with Gasteiger partial charge >= 0.3 is 41.7 Å². The van der Waals surface area contributed by atoms with Gasteiger partial charge in [-0.05, 0) is 27.7 Å². The van der Waals surface area contributed by atoms with Crippen LogP contribution in [0, 0.1) is 93.1 Å². The summed E-state index contributed by atoms with van der Waals surface area (Å²) in [5.74, 6) is -51.2. The van der Waals surface area contributed by atoms with Crippen LogP contribution in [0.1, 0.15) is 49.9 Å². The molecule has 0 aliphatic heterocycles. The lowest BCUT2D eigenvalue weighted by molar-refractivity contribution is -0.144. The summed E-state index contributed by atoms with van der Waals surface area (Å²) in [7, 11) is -12.4. The highest BCUT2D eigenvalue weighted by Gasteiger charge is 2.59. The molecule has 0 N–H and O–H groups in total. The Balaban J connectivity index is 0.000000375. The third-order valence-corrected chi connectivity index (χ3v) is 16.2. The predicted octanol–water partition coefficient (Wildman–Crippen LogP) is 11.4. The number of hydrogen-bond acceptors (Lipinski definition) is 4. The van der Waals surface area contributed by atoms with Gasteiger partial charge in [-0.2, -0.15) is 48.3 Å². The van der Waals surface area contributed by atoms with Crippen molar-refractivity contribution in [3.63, 3.8) is 0 Å². The van der Waals surface area contributed by atoms with E-state index in [1.807, 2.05) is 0 Å². The highest BCUT2D eigenvalue weighted by molar-refractivity contribution is 6.93. The molecule has 0 amide bonds. The summed E-state index contributed by atoms with van der Waals surface area (Å²) < 4.78 is 407. The zero-order chi connectivity index (χ0) is 55.2. The lowest BCUT2D eigenvalue weighted by Crippen LogP contribution is -2.68. The fourth-order valence-electron chi connectivity index (χ4n) is 6.44. The molecule has 71 heavy (non-hydrogen) atoms. The van der Waals surface area contributed by atoms with Crippen molar-refractivity contribution in [1.29, 1.82) is 0 Å². The molecule has 0 aromatic heterocycles. The molecular formula is C37H20F28O4Si2. The molecule has 0 saturated carbocycles. The molecule has 34 heteroatoms. The molecule has 0 atom stereocenters. The van der Waals surface area contributed by atoms with Gasteiger partial charge in [-0.1, -0.05) is 0 Å². The first-order valence-corrected chi connectivity index (χ1v) is 22.0. The van der Waals surface area contributed by atoms with Gasteiger partial charge in [0.15, 0.2) is 93.1 Å². The number of hydrogen-bond donors (Lipinski definition) is 0. The third-order valence-electron chi connectivity index (χ3n) is 9.00. The van der Waals surface area contributed by atoms with Gasteiger partial charge in [0.25, 0.3) is 0 Å². The lowest BCUT2D eigenvalue weighted by atomic mass is 10.1. The van der Waals surface area contributed by atoms with E-state index in [1.165, 1.54) is 0 Å². The zero-order valence-electron chi connectivity index (χ0n) is 34.5. The molecule has 0 aliphatic carbocycles. The second kappa shape index (κ2) is 21.6. The van der Waals surface area contributed by atoms with Crippen LogP contribution in [0.15, 0.2) is 6.08 Å². The van der Waals surface area contributed by atoms with Crippen LogP contribution in [0.2, 0.25) is 0 Å². The molecule has 4 nitrogen and oxygen atoms in total. The van der Waals surface area contributed by atoms with Gasteiger partial charge in [-0.15, -0.1) is 0 Å². The first-order valence-electron chi connectivity index (χ1n) is 18.3. The fourth-order valence-corrected chi connectivity index (χ4v) is 13.1. The van der Waals surface area contributed by atoms with Gasteiger partial charge in [-0.3, -0.25) is 0 Å². The predicted molar refractivity (Wildman–Crippen MR) is 187 cm³/mol. The van der Waals surface area contributed by atoms with E-state index in [4.69, 9.17) is 17.7 Å². The highest BCUT2D eigenvalue weighted by atomic mass is 28.4. The molecule has 0 heterocycles. The van der Waals surface area contributed by atoms with E-state index >= 15 is 0 Å². The van der Waals surface area contributed by atoms with Crippen LogP contribution in [0.5, 0.6) is 0 Å². The van der Waals surface area contributed by atoms with Crippen LogP contribution >= 0.6 is 0 Å². The summed E-state index contributed by atoms with van der Waals surface area (Å²) in [6, 6.07) is 0. The maximum atomic E-state index is 14.9. The molecule has 4 rings (SSSR count). The van der Waals surface area contributed by atoms with Crippen molar-refractivity contribution in [2.24, 2.45) is 0 Å². The molecule has 0 spiro atoms. The van der Waals surface area contributed by atoms with Gasteiger partial charge in [0.2, 0.25) is 5.83 Å². The van der Waals surface area contributed by atoms with Crippen molar-refractivity contribution in [3.8, 4) is 0 Å². The Labute approximate surface area is 378 Å². The zero-order valence-corrected chi connectivity index (χ0v) is 36.5. The third kappa shape index (κ3) is 10.4. The smallest absolute Gasteiger partial charge is 0.388 e. The quantitative estimate of drug-likeness (QED) is 0.0760. The number of alkyl halides is 9. The number of rotatable bonds is 13. The summed E-state index contributed by atoms with van der Waals surface area (Å²) in [6.45, 7) is -0.257. The van der Waals surface area contributed by atoms with Gasteiger partial charge in [0.05, 0.1) is 26.3 Å². The highest BCUT2D eigenvalue weighted by Crippen LogP contribution is 2.40. The van der Waals surface area contributed by atoms with Crippen LogP contribution in [-0.4, -0.2) is 43.5 Å². The Hall–Kier alpha value is -5.07. The van der Waals surface area contributed by atoms with Crippen molar-refractivity contribution in [2.45, 2.75) is 46.2 Å². The first kappa shape index (κ1) is 60.2. The molecular weight excluding hydrogens is 1100 g/mol. The topological polar surface area (TPSA) is 36.9 Å². The molecule has 0 saturated heterocycles. The van der Waals surface area contributed by atoms with Gasteiger partial charge < -0.3 is 17.7 Å². The Morgan fingerprint density at radius 2 is 0.479 bits per heavy atom. The van der Waals surface area contributed by atoms with Crippen molar-refractivity contribution < 1.29 is 141 Å².